The molecule has 2 saturated heterocycles. The number of hydrogen-bond acceptors (Lipinski definition) is 3. The van der Waals surface area contributed by atoms with Crippen molar-refractivity contribution in [2.24, 2.45) is 11.8 Å². The van der Waals surface area contributed by atoms with Gasteiger partial charge in [0.1, 0.15) is 11.8 Å². The van der Waals surface area contributed by atoms with Gasteiger partial charge in [0, 0.05) is 12.1 Å². The van der Waals surface area contributed by atoms with Gasteiger partial charge in [0.25, 0.3) is 5.91 Å². The van der Waals surface area contributed by atoms with Crippen LogP contribution in [0.1, 0.15) is 29.2 Å². The first-order valence-corrected chi connectivity index (χ1v) is 10.5. The number of amides is 3. The Kier molecular flexibility index (Phi) is 4.12. The normalized spacial score (nSPS) is 29.5. The molecule has 3 heterocycles. The number of imide groups is 1. The Hall–Kier alpha value is -2.99. The molecule has 3 N–H and O–H groups in total. The number of carbonyl (C=O) groups is 3. The predicted molar refractivity (Wildman–Crippen MR) is 111 cm³/mol. The number of likely N-dealkylation sites (tertiary alicyclic amines) is 1. The van der Waals surface area contributed by atoms with Crippen LogP contribution in [0.2, 0.25) is 0 Å². The first-order valence-electron chi connectivity index (χ1n) is 10.5. The molecule has 2 aromatic carbocycles. The summed E-state index contributed by atoms with van der Waals surface area (Å²) in [5, 5.41) is 4.98. The van der Waals surface area contributed by atoms with Gasteiger partial charge in [-0.2, -0.15) is 0 Å². The topological polar surface area (TPSA) is 83.1 Å². The molecule has 1 spiro atoms. The number of aryl methyl sites for hydroxylation is 1. The van der Waals surface area contributed by atoms with Gasteiger partial charge in [0.05, 0.1) is 11.7 Å². The standard InChI is InChI=1S/C24H25N3O3/c1-13-9-10-17-20(14(13)2)25-23(30)24(17)19-18(15(3)26-24)21(28)27(22(19)29)12-11-16-7-5-4-6-8-16/h4-10,15,18-19,26H,11-12H2,1-3H3,(H,25,30)/p+1/t15-,18+,19-,24+/m0/s1. The van der Waals surface area contributed by atoms with E-state index in [1.807, 2.05) is 68.6 Å². The van der Waals surface area contributed by atoms with Crippen LogP contribution in [-0.2, 0) is 26.3 Å². The van der Waals surface area contributed by atoms with E-state index in [1.54, 1.807) is 0 Å². The van der Waals surface area contributed by atoms with Gasteiger partial charge in [-0.3, -0.25) is 19.3 Å². The van der Waals surface area contributed by atoms with Crippen LogP contribution in [-0.4, -0.2) is 35.2 Å². The van der Waals surface area contributed by atoms with Crippen molar-refractivity contribution in [1.29, 1.82) is 0 Å². The highest BCUT2D eigenvalue weighted by molar-refractivity contribution is 6.14. The van der Waals surface area contributed by atoms with Crippen molar-refractivity contribution in [3.63, 3.8) is 0 Å². The summed E-state index contributed by atoms with van der Waals surface area (Å²) in [5.41, 5.74) is 3.76. The lowest BCUT2D eigenvalue weighted by molar-refractivity contribution is -0.730. The quantitative estimate of drug-likeness (QED) is 0.756. The van der Waals surface area contributed by atoms with Gasteiger partial charge < -0.3 is 10.6 Å². The highest BCUT2D eigenvalue weighted by Gasteiger charge is 2.73. The summed E-state index contributed by atoms with van der Waals surface area (Å²) >= 11 is 0. The first kappa shape index (κ1) is 19.0. The molecule has 0 bridgehead atoms. The van der Waals surface area contributed by atoms with Gasteiger partial charge in [-0.05, 0) is 49.9 Å². The van der Waals surface area contributed by atoms with Crippen LogP contribution in [0.25, 0.3) is 0 Å². The van der Waals surface area contributed by atoms with Crippen molar-refractivity contribution in [1.82, 2.24) is 4.90 Å². The molecule has 5 rings (SSSR count). The zero-order valence-corrected chi connectivity index (χ0v) is 17.4. The predicted octanol–water partition coefficient (Wildman–Crippen LogP) is 1.26. The Morgan fingerprint density at radius 1 is 1.03 bits per heavy atom. The van der Waals surface area contributed by atoms with Crippen LogP contribution in [0, 0.1) is 25.7 Å². The van der Waals surface area contributed by atoms with Gasteiger partial charge in [-0.25, -0.2) is 0 Å². The summed E-state index contributed by atoms with van der Waals surface area (Å²) in [6.07, 6.45) is 0.615. The molecular formula is C24H26N3O3+. The van der Waals surface area contributed by atoms with Gasteiger partial charge in [-0.1, -0.05) is 36.4 Å². The number of quaternary nitrogens is 1. The van der Waals surface area contributed by atoms with Crippen LogP contribution in [0.3, 0.4) is 0 Å². The summed E-state index contributed by atoms with van der Waals surface area (Å²) in [4.78, 5) is 41.5. The molecule has 30 heavy (non-hydrogen) atoms. The highest BCUT2D eigenvalue weighted by atomic mass is 16.2. The van der Waals surface area contributed by atoms with E-state index in [1.165, 1.54) is 4.90 Å². The first-order chi connectivity index (χ1) is 14.4. The Labute approximate surface area is 175 Å². The lowest BCUT2D eigenvalue weighted by Gasteiger charge is -2.26. The van der Waals surface area contributed by atoms with Gasteiger partial charge in [0.2, 0.25) is 17.4 Å². The van der Waals surface area contributed by atoms with E-state index >= 15 is 0 Å². The summed E-state index contributed by atoms with van der Waals surface area (Å²) in [7, 11) is 0. The third kappa shape index (κ3) is 2.37. The maximum atomic E-state index is 13.5. The third-order valence-electron chi connectivity index (χ3n) is 7.29. The third-order valence-corrected chi connectivity index (χ3v) is 7.29. The van der Waals surface area contributed by atoms with Crippen molar-refractivity contribution in [2.75, 3.05) is 11.9 Å². The van der Waals surface area contributed by atoms with Crippen molar-refractivity contribution in [3.05, 3.63) is 64.7 Å². The van der Waals surface area contributed by atoms with Gasteiger partial charge in [-0.15, -0.1) is 0 Å². The van der Waals surface area contributed by atoms with E-state index in [-0.39, 0.29) is 23.8 Å². The lowest BCUT2D eigenvalue weighted by atomic mass is 9.76. The van der Waals surface area contributed by atoms with Crippen LogP contribution in [0.15, 0.2) is 42.5 Å². The largest absolute Gasteiger partial charge is 0.326 e. The number of carbonyl (C=O) groups excluding carboxylic acids is 3. The molecule has 4 atom stereocenters. The zero-order chi connectivity index (χ0) is 21.2. The monoisotopic (exact) mass is 404 g/mol. The fourth-order valence-electron chi connectivity index (χ4n) is 5.62. The average molecular weight is 404 g/mol. The minimum atomic E-state index is -1.06. The number of fused-ring (bicyclic) bond motifs is 4. The average Bonchev–Trinajstić information content (AvgIpc) is 3.29. The molecule has 0 unspecified atom stereocenters. The second kappa shape index (κ2) is 6.51. The number of benzene rings is 2. The minimum absolute atomic E-state index is 0.147. The fraction of sp³-hybridized carbons (Fsp3) is 0.375. The molecule has 0 aliphatic carbocycles. The second-order valence-corrected chi connectivity index (χ2v) is 8.85. The fourth-order valence-corrected chi connectivity index (χ4v) is 5.62. The molecule has 2 fully saturated rings. The molecular weight excluding hydrogens is 378 g/mol. The Morgan fingerprint density at radius 3 is 2.50 bits per heavy atom. The SMILES string of the molecule is Cc1ccc2c(c1C)NC(=O)[C@@]21[NH2+][C@@H](C)[C@H]2C(=O)N(CCc3ccccc3)C(=O)[C@H]21. The number of anilines is 1. The second-order valence-electron chi connectivity index (χ2n) is 8.85. The lowest BCUT2D eigenvalue weighted by Crippen LogP contribution is -2.98. The smallest absolute Gasteiger partial charge is 0.291 e. The number of nitrogens with zero attached hydrogens (tertiary/aromatic N) is 1. The minimum Gasteiger partial charge on any atom is -0.326 e. The zero-order valence-electron chi connectivity index (χ0n) is 17.4. The van der Waals surface area contributed by atoms with E-state index in [9.17, 15) is 14.4 Å². The maximum Gasteiger partial charge on any atom is 0.291 e. The maximum absolute atomic E-state index is 13.5. The molecule has 2 aromatic rings. The number of rotatable bonds is 3. The summed E-state index contributed by atoms with van der Waals surface area (Å²) in [5.74, 6) is -1.70. The van der Waals surface area contributed by atoms with E-state index in [2.05, 4.69) is 5.32 Å². The number of hydrogen-bond donors (Lipinski definition) is 2. The molecule has 6 nitrogen and oxygen atoms in total. The van der Waals surface area contributed by atoms with Crippen LogP contribution in [0.5, 0.6) is 0 Å². The Morgan fingerprint density at radius 2 is 1.77 bits per heavy atom. The van der Waals surface area contributed by atoms with E-state index in [0.717, 1.165) is 27.9 Å². The van der Waals surface area contributed by atoms with E-state index in [4.69, 9.17) is 0 Å². The molecule has 154 valence electrons. The molecule has 0 radical (unpaired) electrons. The summed E-state index contributed by atoms with van der Waals surface area (Å²) < 4.78 is 0. The molecule has 3 aliphatic heterocycles. The van der Waals surface area contributed by atoms with Gasteiger partial charge in [0.15, 0.2) is 0 Å². The van der Waals surface area contributed by atoms with E-state index in [0.29, 0.717) is 13.0 Å². The van der Waals surface area contributed by atoms with Gasteiger partial charge >= 0.3 is 0 Å². The number of nitrogens with one attached hydrogen (secondary N) is 1. The molecule has 0 aromatic heterocycles. The molecule has 3 amide bonds. The van der Waals surface area contributed by atoms with Crippen molar-refractivity contribution >= 4 is 23.4 Å². The highest BCUT2D eigenvalue weighted by Crippen LogP contribution is 2.49. The van der Waals surface area contributed by atoms with Crippen LogP contribution in [0.4, 0.5) is 5.69 Å². The Bertz CT molecular complexity index is 1080. The number of nitrogens with two attached hydrogens (primary N) is 1. The summed E-state index contributed by atoms with van der Waals surface area (Å²) in [6.45, 7) is 6.28. The summed E-state index contributed by atoms with van der Waals surface area (Å²) in [6, 6.07) is 13.6. The van der Waals surface area contributed by atoms with E-state index < -0.39 is 17.4 Å². The molecule has 3 aliphatic rings. The molecule has 6 heteroatoms. The van der Waals surface area contributed by atoms with Crippen molar-refractivity contribution in [3.8, 4) is 0 Å². The van der Waals surface area contributed by atoms with Crippen molar-refractivity contribution < 1.29 is 19.7 Å². The van der Waals surface area contributed by atoms with Crippen LogP contribution >= 0.6 is 0 Å². The Balaban J connectivity index is 1.53. The van der Waals surface area contributed by atoms with Crippen molar-refractivity contribution in [2.45, 2.75) is 38.8 Å². The molecule has 0 saturated carbocycles. The van der Waals surface area contributed by atoms with Crippen LogP contribution < -0.4 is 10.6 Å².